The summed E-state index contributed by atoms with van der Waals surface area (Å²) in [6.45, 7) is 5.29. The SMILES string of the molecule is CCCOc1ccc(NC(=O)C2(OCC)CCCCC2)c2ccccc12. The van der Waals surface area contributed by atoms with Crippen LogP contribution in [0.25, 0.3) is 10.8 Å². The lowest BCUT2D eigenvalue weighted by atomic mass is 9.83. The number of carbonyl (C=O) groups is 1. The maximum Gasteiger partial charge on any atom is 0.256 e. The minimum Gasteiger partial charge on any atom is -0.493 e. The van der Waals surface area contributed by atoms with Gasteiger partial charge in [-0.05, 0) is 38.3 Å². The highest BCUT2D eigenvalue weighted by Gasteiger charge is 2.40. The third kappa shape index (κ3) is 3.85. The molecule has 0 spiro atoms. The van der Waals surface area contributed by atoms with E-state index in [1.54, 1.807) is 0 Å². The Balaban J connectivity index is 1.89. The van der Waals surface area contributed by atoms with Crippen molar-refractivity contribution < 1.29 is 14.3 Å². The van der Waals surface area contributed by atoms with E-state index in [2.05, 4.69) is 12.2 Å². The van der Waals surface area contributed by atoms with E-state index in [1.165, 1.54) is 6.42 Å². The highest BCUT2D eigenvalue weighted by Crippen LogP contribution is 2.35. The van der Waals surface area contributed by atoms with Crippen molar-refractivity contribution in [2.75, 3.05) is 18.5 Å². The zero-order chi connectivity index (χ0) is 18.4. The number of amides is 1. The van der Waals surface area contributed by atoms with Crippen molar-refractivity contribution in [2.45, 2.75) is 58.0 Å². The lowest BCUT2D eigenvalue weighted by Gasteiger charge is -2.35. The van der Waals surface area contributed by atoms with Crippen molar-refractivity contribution >= 4 is 22.4 Å². The van der Waals surface area contributed by atoms with Gasteiger partial charge in [0.25, 0.3) is 5.91 Å². The molecule has 0 heterocycles. The van der Waals surface area contributed by atoms with Crippen LogP contribution in [0.1, 0.15) is 52.4 Å². The summed E-state index contributed by atoms with van der Waals surface area (Å²) in [7, 11) is 0. The van der Waals surface area contributed by atoms with Crippen LogP contribution in [0.5, 0.6) is 5.75 Å². The molecule has 0 unspecified atom stereocenters. The summed E-state index contributed by atoms with van der Waals surface area (Å²) in [4.78, 5) is 13.1. The summed E-state index contributed by atoms with van der Waals surface area (Å²) in [5, 5.41) is 5.16. The number of nitrogens with one attached hydrogen (secondary N) is 1. The minimum atomic E-state index is -0.689. The van der Waals surface area contributed by atoms with Gasteiger partial charge in [-0.2, -0.15) is 0 Å². The molecule has 2 aromatic rings. The summed E-state index contributed by atoms with van der Waals surface area (Å²) in [5.74, 6) is 0.837. The Hall–Kier alpha value is -2.07. The van der Waals surface area contributed by atoms with Gasteiger partial charge in [0, 0.05) is 23.1 Å². The van der Waals surface area contributed by atoms with Gasteiger partial charge >= 0.3 is 0 Å². The second-order valence-electron chi connectivity index (χ2n) is 6.95. The molecule has 1 fully saturated rings. The van der Waals surface area contributed by atoms with Gasteiger partial charge in [0.1, 0.15) is 11.4 Å². The standard InChI is InChI=1S/C22H29NO3/c1-3-16-25-20-13-12-19(17-10-6-7-11-18(17)20)23-21(24)22(26-4-2)14-8-5-9-15-22/h6-7,10-13H,3-5,8-9,14-16H2,1-2H3,(H,23,24). The molecule has 1 aliphatic carbocycles. The molecule has 0 radical (unpaired) electrons. The van der Waals surface area contributed by atoms with Gasteiger partial charge in [0.05, 0.1) is 6.61 Å². The largest absolute Gasteiger partial charge is 0.493 e. The van der Waals surface area contributed by atoms with E-state index in [1.807, 2.05) is 43.3 Å². The third-order valence-electron chi connectivity index (χ3n) is 5.09. The van der Waals surface area contributed by atoms with E-state index in [4.69, 9.17) is 9.47 Å². The van der Waals surface area contributed by atoms with Crippen LogP contribution in [0.4, 0.5) is 5.69 Å². The Bertz CT molecular complexity index is 745. The van der Waals surface area contributed by atoms with Crippen molar-refractivity contribution in [3.05, 3.63) is 36.4 Å². The van der Waals surface area contributed by atoms with Crippen LogP contribution in [-0.2, 0) is 9.53 Å². The Kier molecular flexibility index (Phi) is 6.15. The van der Waals surface area contributed by atoms with Gasteiger partial charge in [-0.25, -0.2) is 0 Å². The van der Waals surface area contributed by atoms with Crippen LogP contribution >= 0.6 is 0 Å². The number of hydrogen-bond donors (Lipinski definition) is 1. The zero-order valence-corrected chi connectivity index (χ0v) is 15.8. The van der Waals surface area contributed by atoms with Crippen molar-refractivity contribution in [3.8, 4) is 5.75 Å². The molecular weight excluding hydrogens is 326 g/mol. The van der Waals surface area contributed by atoms with Crippen LogP contribution in [0, 0.1) is 0 Å². The Morgan fingerprint density at radius 3 is 2.46 bits per heavy atom. The maximum atomic E-state index is 13.1. The molecule has 1 aliphatic rings. The molecule has 1 saturated carbocycles. The van der Waals surface area contributed by atoms with E-state index in [0.717, 1.165) is 54.3 Å². The van der Waals surface area contributed by atoms with Gasteiger partial charge in [-0.15, -0.1) is 0 Å². The first-order valence-electron chi connectivity index (χ1n) is 9.80. The van der Waals surface area contributed by atoms with E-state index in [0.29, 0.717) is 13.2 Å². The summed E-state index contributed by atoms with van der Waals surface area (Å²) < 4.78 is 11.8. The highest BCUT2D eigenvalue weighted by atomic mass is 16.5. The Labute approximate surface area is 155 Å². The topological polar surface area (TPSA) is 47.6 Å². The van der Waals surface area contributed by atoms with Gasteiger partial charge in [-0.3, -0.25) is 4.79 Å². The maximum absolute atomic E-state index is 13.1. The fraction of sp³-hybridized carbons (Fsp3) is 0.500. The number of carbonyl (C=O) groups excluding carboxylic acids is 1. The lowest BCUT2D eigenvalue weighted by Crippen LogP contribution is -2.47. The first kappa shape index (κ1) is 18.7. The number of hydrogen-bond acceptors (Lipinski definition) is 3. The molecule has 0 aliphatic heterocycles. The van der Waals surface area contributed by atoms with Gasteiger partial charge < -0.3 is 14.8 Å². The Morgan fingerprint density at radius 1 is 1.04 bits per heavy atom. The minimum absolute atomic E-state index is 0.0218. The quantitative estimate of drug-likeness (QED) is 0.732. The number of anilines is 1. The van der Waals surface area contributed by atoms with E-state index >= 15 is 0 Å². The van der Waals surface area contributed by atoms with Crippen molar-refractivity contribution in [1.29, 1.82) is 0 Å². The number of benzene rings is 2. The summed E-state index contributed by atoms with van der Waals surface area (Å²) >= 11 is 0. The first-order chi connectivity index (χ1) is 12.7. The molecule has 4 heteroatoms. The van der Waals surface area contributed by atoms with E-state index in [-0.39, 0.29) is 5.91 Å². The van der Waals surface area contributed by atoms with Crippen LogP contribution in [-0.4, -0.2) is 24.7 Å². The Morgan fingerprint density at radius 2 is 1.77 bits per heavy atom. The lowest BCUT2D eigenvalue weighted by molar-refractivity contribution is -0.145. The summed E-state index contributed by atoms with van der Waals surface area (Å²) in [6, 6.07) is 11.9. The predicted molar refractivity (Wildman–Crippen MR) is 106 cm³/mol. The van der Waals surface area contributed by atoms with Gasteiger partial charge in [0.15, 0.2) is 0 Å². The van der Waals surface area contributed by atoms with Crippen LogP contribution in [0.15, 0.2) is 36.4 Å². The predicted octanol–water partition coefficient (Wildman–Crippen LogP) is 5.31. The van der Waals surface area contributed by atoms with Crippen LogP contribution in [0.2, 0.25) is 0 Å². The van der Waals surface area contributed by atoms with Gasteiger partial charge in [0.2, 0.25) is 0 Å². The highest BCUT2D eigenvalue weighted by molar-refractivity contribution is 6.06. The average Bonchev–Trinajstić information content (AvgIpc) is 2.68. The van der Waals surface area contributed by atoms with Crippen molar-refractivity contribution in [1.82, 2.24) is 0 Å². The van der Waals surface area contributed by atoms with Crippen molar-refractivity contribution in [2.24, 2.45) is 0 Å². The molecule has 0 saturated heterocycles. The third-order valence-corrected chi connectivity index (χ3v) is 5.09. The molecule has 2 aromatic carbocycles. The number of fused-ring (bicyclic) bond motifs is 1. The molecule has 0 bridgehead atoms. The fourth-order valence-electron chi connectivity index (χ4n) is 3.79. The smallest absolute Gasteiger partial charge is 0.256 e. The van der Waals surface area contributed by atoms with Crippen LogP contribution in [0.3, 0.4) is 0 Å². The molecule has 1 N–H and O–H groups in total. The molecule has 0 atom stereocenters. The average molecular weight is 355 g/mol. The second kappa shape index (κ2) is 8.54. The fourth-order valence-corrected chi connectivity index (χ4v) is 3.79. The first-order valence-corrected chi connectivity index (χ1v) is 9.80. The monoisotopic (exact) mass is 355 g/mol. The molecular formula is C22H29NO3. The zero-order valence-electron chi connectivity index (χ0n) is 15.8. The molecule has 4 nitrogen and oxygen atoms in total. The number of rotatable bonds is 7. The van der Waals surface area contributed by atoms with E-state index < -0.39 is 5.60 Å². The second-order valence-corrected chi connectivity index (χ2v) is 6.95. The molecule has 26 heavy (non-hydrogen) atoms. The molecule has 140 valence electrons. The number of ether oxygens (including phenoxy) is 2. The normalized spacial score (nSPS) is 16.4. The molecule has 0 aromatic heterocycles. The molecule has 1 amide bonds. The van der Waals surface area contributed by atoms with E-state index in [9.17, 15) is 4.79 Å². The summed E-state index contributed by atoms with van der Waals surface area (Å²) in [5.41, 5.74) is 0.130. The van der Waals surface area contributed by atoms with Crippen LogP contribution < -0.4 is 10.1 Å². The van der Waals surface area contributed by atoms with Gasteiger partial charge in [-0.1, -0.05) is 50.5 Å². The molecule has 3 rings (SSSR count). The summed E-state index contributed by atoms with van der Waals surface area (Å²) in [6.07, 6.45) is 5.80. The van der Waals surface area contributed by atoms with Crippen molar-refractivity contribution in [3.63, 3.8) is 0 Å².